The third-order valence-corrected chi connectivity index (χ3v) is 6.24. The molecule has 0 amide bonds. The maximum absolute atomic E-state index is 10.3. The molecular formula is C17H30O. The Bertz CT molecular complexity index is 275. The molecule has 1 heteroatoms. The van der Waals surface area contributed by atoms with Crippen molar-refractivity contribution in [3.8, 4) is 0 Å². The first-order valence-corrected chi connectivity index (χ1v) is 8.44. The van der Waals surface area contributed by atoms with Gasteiger partial charge in [-0.1, -0.05) is 26.2 Å². The summed E-state index contributed by atoms with van der Waals surface area (Å²) in [5.74, 6) is 4.63. The summed E-state index contributed by atoms with van der Waals surface area (Å²) in [6.45, 7) is 2.30. The molecule has 0 aromatic heterocycles. The Morgan fingerprint density at radius 2 is 1.83 bits per heavy atom. The number of fused-ring (bicyclic) bond motifs is 2. The summed E-state index contributed by atoms with van der Waals surface area (Å²) in [6.07, 6.45) is 13.8. The predicted octanol–water partition coefficient (Wildman–Crippen LogP) is 4.39. The fourth-order valence-corrected chi connectivity index (χ4v) is 5.32. The van der Waals surface area contributed by atoms with Crippen molar-refractivity contribution < 1.29 is 5.11 Å². The normalized spacial score (nSPS) is 47.7. The van der Waals surface area contributed by atoms with Crippen molar-refractivity contribution in [2.45, 2.75) is 77.2 Å². The van der Waals surface area contributed by atoms with E-state index < -0.39 is 0 Å². The van der Waals surface area contributed by atoms with Crippen LogP contribution in [0.15, 0.2) is 0 Å². The predicted molar refractivity (Wildman–Crippen MR) is 75.3 cm³/mol. The monoisotopic (exact) mass is 250 g/mol. The van der Waals surface area contributed by atoms with Crippen LogP contribution in [0.4, 0.5) is 0 Å². The molecule has 0 aromatic carbocycles. The highest BCUT2D eigenvalue weighted by Gasteiger charge is 2.41. The number of aliphatic hydroxyl groups excluding tert-OH is 1. The number of hydrogen-bond acceptors (Lipinski definition) is 1. The van der Waals surface area contributed by atoms with Gasteiger partial charge in [0.1, 0.15) is 0 Å². The first-order chi connectivity index (χ1) is 8.76. The lowest BCUT2D eigenvalue weighted by atomic mass is 9.72. The molecule has 3 rings (SSSR count). The molecule has 0 aliphatic heterocycles. The Hall–Kier alpha value is -0.0400. The Balaban J connectivity index is 1.54. The molecule has 2 bridgehead atoms. The standard InChI is InChI=1S/C17H30O/c1-2-3-12-5-7-17(18)16(8-12)11-15-10-13-4-6-14(15)9-13/h12-18H,2-11H2,1H3. The van der Waals surface area contributed by atoms with E-state index in [1.807, 2.05) is 0 Å². The van der Waals surface area contributed by atoms with E-state index in [2.05, 4.69) is 6.92 Å². The minimum Gasteiger partial charge on any atom is -0.393 e. The summed E-state index contributed by atoms with van der Waals surface area (Å²) in [6, 6.07) is 0. The molecule has 6 atom stereocenters. The van der Waals surface area contributed by atoms with Gasteiger partial charge in [-0.3, -0.25) is 0 Å². The molecule has 18 heavy (non-hydrogen) atoms. The molecule has 0 spiro atoms. The molecular weight excluding hydrogens is 220 g/mol. The van der Waals surface area contributed by atoms with E-state index in [4.69, 9.17) is 0 Å². The summed E-state index contributed by atoms with van der Waals surface area (Å²) < 4.78 is 0. The number of aliphatic hydroxyl groups is 1. The van der Waals surface area contributed by atoms with Crippen molar-refractivity contribution >= 4 is 0 Å². The third kappa shape index (κ3) is 2.61. The van der Waals surface area contributed by atoms with E-state index in [9.17, 15) is 5.11 Å². The molecule has 1 nitrogen and oxygen atoms in total. The zero-order chi connectivity index (χ0) is 12.5. The average molecular weight is 250 g/mol. The third-order valence-electron chi connectivity index (χ3n) is 6.24. The van der Waals surface area contributed by atoms with Crippen LogP contribution in [0.3, 0.4) is 0 Å². The van der Waals surface area contributed by atoms with Gasteiger partial charge in [-0.05, 0) is 74.5 Å². The van der Waals surface area contributed by atoms with E-state index in [0.29, 0.717) is 5.92 Å². The molecule has 1 N–H and O–H groups in total. The van der Waals surface area contributed by atoms with Gasteiger partial charge in [0.2, 0.25) is 0 Å². The zero-order valence-electron chi connectivity index (χ0n) is 12.0. The van der Waals surface area contributed by atoms with Gasteiger partial charge in [0.15, 0.2) is 0 Å². The fraction of sp³-hybridized carbons (Fsp3) is 1.00. The Morgan fingerprint density at radius 1 is 0.944 bits per heavy atom. The first kappa shape index (κ1) is 13.0. The highest BCUT2D eigenvalue weighted by molar-refractivity contribution is 4.92. The molecule has 0 saturated heterocycles. The summed E-state index contributed by atoms with van der Waals surface area (Å²) in [7, 11) is 0. The molecule has 0 heterocycles. The lowest BCUT2D eigenvalue weighted by Gasteiger charge is -2.36. The van der Waals surface area contributed by atoms with Crippen LogP contribution < -0.4 is 0 Å². The fourth-order valence-electron chi connectivity index (χ4n) is 5.32. The Labute approximate surface area is 112 Å². The van der Waals surface area contributed by atoms with Crippen LogP contribution in [0.5, 0.6) is 0 Å². The van der Waals surface area contributed by atoms with Gasteiger partial charge in [0.25, 0.3) is 0 Å². The molecule has 6 unspecified atom stereocenters. The molecule has 3 fully saturated rings. The highest BCUT2D eigenvalue weighted by Crippen LogP contribution is 2.51. The first-order valence-electron chi connectivity index (χ1n) is 8.44. The van der Waals surface area contributed by atoms with Crippen molar-refractivity contribution in [1.29, 1.82) is 0 Å². The molecule has 0 radical (unpaired) electrons. The van der Waals surface area contributed by atoms with Crippen molar-refractivity contribution in [2.75, 3.05) is 0 Å². The summed E-state index contributed by atoms with van der Waals surface area (Å²) in [5, 5.41) is 10.3. The second-order valence-electron chi connectivity index (χ2n) is 7.47. The number of rotatable bonds is 4. The zero-order valence-corrected chi connectivity index (χ0v) is 12.0. The van der Waals surface area contributed by atoms with Crippen LogP contribution >= 0.6 is 0 Å². The molecule has 3 aliphatic rings. The summed E-state index contributed by atoms with van der Waals surface area (Å²) in [5.41, 5.74) is 0. The van der Waals surface area contributed by atoms with E-state index in [0.717, 1.165) is 30.1 Å². The topological polar surface area (TPSA) is 20.2 Å². The van der Waals surface area contributed by atoms with Crippen molar-refractivity contribution in [3.05, 3.63) is 0 Å². The molecule has 0 aromatic rings. The van der Waals surface area contributed by atoms with Crippen LogP contribution in [-0.4, -0.2) is 11.2 Å². The van der Waals surface area contributed by atoms with Gasteiger partial charge in [-0.15, -0.1) is 0 Å². The quantitative estimate of drug-likeness (QED) is 0.784. The van der Waals surface area contributed by atoms with Gasteiger partial charge < -0.3 is 5.11 Å². The van der Waals surface area contributed by atoms with E-state index in [-0.39, 0.29) is 6.10 Å². The summed E-state index contributed by atoms with van der Waals surface area (Å²) >= 11 is 0. The van der Waals surface area contributed by atoms with Gasteiger partial charge >= 0.3 is 0 Å². The van der Waals surface area contributed by atoms with Gasteiger partial charge in [-0.2, -0.15) is 0 Å². The molecule has 104 valence electrons. The van der Waals surface area contributed by atoms with E-state index in [1.54, 1.807) is 0 Å². The minimum absolute atomic E-state index is 0.0252. The maximum atomic E-state index is 10.3. The Morgan fingerprint density at radius 3 is 2.50 bits per heavy atom. The SMILES string of the molecule is CCCC1CCC(O)C(CC2CC3CCC2C3)C1. The average Bonchev–Trinajstić information content (AvgIpc) is 2.96. The number of hydrogen-bond donors (Lipinski definition) is 1. The van der Waals surface area contributed by atoms with Crippen LogP contribution in [0.2, 0.25) is 0 Å². The van der Waals surface area contributed by atoms with Crippen LogP contribution in [-0.2, 0) is 0 Å². The lowest BCUT2D eigenvalue weighted by Crippen LogP contribution is -2.31. The molecule has 3 saturated carbocycles. The van der Waals surface area contributed by atoms with Crippen LogP contribution in [0, 0.1) is 29.6 Å². The van der Waals surface area contributed by atoms with E-state index >= 15 is 0 Å². The van der Waals surface area contributed by atoms with Gasteiger partial charge in [-0.25, -0.2) is 0 Å². The van der Waals surface area contributed by atoms with Crippen LogP contribution in [0.1, 0.15) is 71.1 Å². The smallest absolute Gasteiger partial charge is 0.0568 e. The second-order valence-corrected chi connectivity index (χ2v) is 7.47. The maximum Gasteiger partial charge on any atom is 0.0568 e. The largest absolute Gasteiger partial charge is 0.393 e. The van der Waals surface area contributed by atoms with Crippen molar-refractivity contribution in [1.82, 2.24) is 0 Å². The minimum atomic E-state index is 0.0252. The van der Waals surface area contributed by atoms with Crippen LogP contribution in [0.25, 0.3) is 0 Å². The van der Waals surface area contributed by atoms with Crippen molar-refractivity contribution in [2.24, 2.45) is 29.6 Å². The molecule has 3 aliphatic carbocycles. The van der Waals surface area contributed by atoms with E-state index in [1.165, 1.54) is 57.8 Å². The highest BCUT2D eigenvalue weighted by atomic mass is 16.3. The van der Waals surface area contributed by atoms with Gasteiger partial charge in [0, 0.05) is 0 Å². The lowest BCUT2D eigenvalue weighted by molar-refractivity contribution is 0.0284. The summed E-state index contributed by atoms with van der Waals surface area (Å²) in [4.78, 5) is 0. The Kier molecular flexibility index (Phi) is 3.98. The second kappa shape index (κ2) is 5.53. The van der Waals surface area contributed by atoms with Gasteiger partial charge in [0.05, 0.1) is 6.10 Å². The van der Waals surface area contributed by atoms with Crippen molar-refractivity contribution in [3.63, 3.8) is 0 Å².